The summed E-state index contributed by atoms with van der Waals surface area (Å²) in [5.74, 6) is 0.760. The lowest BCUT2D eigenvalue weighted by Crippen LogP contribution is -2.32. The first-order valence-electron chi connectivity index (χ1n) is 7.03. The second-order valence-corrected chi connectivity index (χ2v) is 6.52. The highest BCUT2D eigenvalue weighted by molar-refractivity contribution is 7.21. The van der Waals surface area contributed by atoms with E-state index in [-0.39, 0.29) is 5.91 Å². The van der Waals surface area contributed by atoms with Crippen molar-refractivity contribution in [3.63, 3.8) is 0 Å². The molecule has 2 N–H and O–H groups in total. The van der Waals surface area contributed by atoms with Gasteiger partial charge in [0.15, 0.2) is 0 Å². The van der Waals surface area contributed by atoms with Crippen molar-refractivity contribution in [2.75, 3.05) is 18.8 Å². The summed E-state index contributed by atoms with van der Waals surface area (Å²) in [6.07, 6.45) is 2.49. The molecule has 1 fully saturated rings. The molecule has 1 amide bonds. The number of amides is 1. The topological polar surface area (TPSA) is 64.2 Å². The number of anilines is 1. The summed E-state index contributed by atoms with van der Waals surface area (Å²) in [7, 11) is 1.89. The minimum atomic E-state index is 0.0671. The number of aromatic nitrogens is 2. The molecule has 0 saturated heterocycles. The van der Waals surface area contributed by atoms with Crippen molar-refractivity contribution in [1.29, 1.82) is 0 Å². The van der Waals surface area contributed by atoms with Gasteiger partial charge in [-0.05, 0) is 32.6 Å². The molecule has 2 aromatic rings. The molecule has 1 saturated carbocycles. The first-order chi connectivity index (χ1) is 9.52. The summed E-state index contributed by atoms with van der Waals surface area (Å²) in [6, 6.07) is 0. The molecule has 0 unspecified atom stereocenters. The smallest absolute Gasteiger partial charge is 0.266 e. The maximum atomic E-state index is 12.7. The Morgan fingerprint density at radius 3 is 2.80 bits per heavy atom. The molecule has 0 aliphatic heterocycles. The lowest BCUT2D eigenvalue weighted by molar-refractivity contribution is 0.0763. The van der Waals surface area contributed by atoms with Gasteiger partial charge in [-0.1, -0.05) is 0 Å². The molecule has 0 spiro atoms. The predicted molar refractivity (Wildman–Crippen MR) is 82.0 cm³/mol. The Balaban J connectivity index is 1.97. The van der Waals surface area contributed by atoms with Crippen LogP contribution in [0.4, 0.5) is 5.69 Å². The monoisotopic (exact) mass is 292 g/mol. The predicted octanol–water partition coefficient (Wildman–Crippen LogP) is 2.40. The fourth-order valence-electron chi connectivity index (χ4n) is 2.60. The molecule has 0 radical (unpaired) electrons. The molecule has 2 aromatic heterocycles. The van der Waals surface area contributed by atoms with Gasteiger partial charge in [-0.15, -0.1) is 11.3 Å². The summed E-state index contributed by atoms with van der Waals surface area (Å²) >= 11 is 1.45. The summed E-state index contributed by atoms with van der Waals surface area (Å²) < 4.78 is 1.81. The molecule has 5 nitrogen and oxygen atoms in total. The second kappa shape index (κ2) is 4.77. The first-order valence-corrected chi connectivity index (χ1v) is 7.85. The Hall–Kier alpha value is -1.56. The van der Waals surface area contributed by atoms with Crippen LogP contribution in [0.25, 0.3) is 10.2 Å². The third kappa shape index (κ3) is 2.08. The van der Waals surface area contributed by atoms with Crippen LogP contribution in [0.5, 0.6) is 0 Å². The Kier molecular flexibility index (Phi) is 3.20. The molecular formula is C14H20N4OS. The summed E-state index contributed by atoms with van der Waals surface area (Å²) in [5, 5.41) is 5.29. The number of hydrogen-bond donors (Lipinski definition) is 1. The Morgan fingerprint density at radius 2 is 2.25 bits per heavy atom. The van der Waals surface area contributed by atoms with Crippen molar-refractivity contribution < 1.29 is 4.79 Å². The van der Waals surface area contributed by atoms with E-state index in [4.69, 9.17) is 5.73 Å². The lowest BCUT2D eigenvalue weighted by atomic mass is 10.2. The molecular weight excluding hydrogens is 272 g/mol. The van der Waals surface area contributed by atoms with Crippen molar-refractivity contribution in [2.24, 2.45) is 13.0 Å². The summed E-state index contributed by atoms with van der Waals surface area (Å²) in [5.41, 5.74) is 7.68. The maximum Gasteiger partial charge on any atom is 0.266 e. The number of aryl methyl sites for hydroxylation is 2. The molecule has 0 atom stereocenters. The highest BCUT2D eigenvalue weighted by Crippen LogP contribution is 2.37. The number of carbonyl (C=O) groups excluding carboxylic acids is 1. The van der Waals surface area contributed by atoms with Gasteiger partial charge >= 0.3 is 0 Å². The molecule has 6 heteroatoms. The molecule has 1 aliphatic carbocycles. The van der Waals surface area contributed by atoms with Crippen molar-refractivity contribution in [2.45, 2.75) is 26.7 Å². The largest absolute Gasteiger partial charge is 0.397 e. The Labute approximate surface area is 122 Å². The number of nitrogens with two attached hydrogens (primary N) is 1. The second-order valence-electron chi connectivity index (χ2n) is 5.52. The average Bonchev–Trinajstić information content (AvgIpc) is 3.10. The van der Waals surface area contributed by atoms with Gasteiger partial charge in [0.1, 0.15) is 9.71 Å². The van der Waals surface area contributed by atoms with Gasteiger partial charge in [0.2, 0.25) is 0 Å². The van der Waals surface area contributed by atoms with Gasteiger partial charge in [-0.25, -0.2) is 0 Å². The molecule has 3 rings (SSSR count). The molecule has 0 bridgehead atoms. The SMILES string of the molecule is CCN(CC1CC1)C(=O)c1sc2c(c(C)nn2C)c1N. The van der Waals surface area contributed by atoms with E-state index in [0.29, 0.717) is 16.5 Å². The molecule has 20 heavy (non-hydrogen) atoms. The number of rotatable bonds is 4. The average molecular weight is 292 g/mol. The highest BCUT2D eigenvalue weighted by Gasteiger charge is 2.29. The zero-order valence-electron chi connectivity index (χ0n) is 12.1. The normalized spacial score (nSPS) is 14.9. The van der Waals surface area contributed by atoms with Gasteiger partial charge in [-0.2, -0.15) is 5.10 Å². The minimum Gasteiger partial charge on any atom is -0.397 e. The number of hydrogen-bond acceptors (Lipinski definition) is 4. The van der Waals surface area contributed by atoms with Crippen molar-refractivity contribution in [3.8, 4) is 0 Å². The van der Waals surface area contributed by atoms with Crippen molar-refractivity contribution >= 4 is 33.1 Å². The minimum absolute atomic E-state index is 0.0671. The highest BCUT2D eigenvalue weighted by atomic mass is 32.1. The van der Waals surface area contributed by atoms with E-state index in [1.54, 1.807) is 4.68 Å². The zero-order chi connectivity index (χ0) is 14.4. The van der Waals surface area contributed by atoms with Crippen LogP contribution in [0.15, 0.2) is 0 Å². The van der Waals surface area contributed by atoms with Crippen LogP contribution < -0.4 is 5.73 Å². The molecule has 1 aliphatic rings. The van der Waals surface area contributed by atoms with Crippen LogP contribution >= 0.6 is 11.3 Å². The Morgan fingerprint density at radius 1 is 1.55 bits per heavy atom. The standard InChI is InChI=1S/C14H20N4OS/c1-4-18(7-9-5-6-9)13(19)12-11(15)10-8(2)16-17(3)14(10)20-12/h9H,4-7,15H2,1-3H3. The number of nitrogens with zero attached hydrogens (tertiary/aromatic N) is 3. The van der Waals surface area contributed by atoms with Crippen LogP contribution in [0.3, 0.4) is 0 Å². The van der Waals surface area contributed by atoms with Crippen molar-refractivity contribution in [3.05, 3.63) is 10.6 Å². The van der Waals surface area contributed by atoms with Gasteiger partial charge in [0.05, 0.1) is 16.8 Å². The number of nitrogen functional groups attached to an aromatic ring is 1. The van der Waals surface area contributed by atoms with Gasteiger partial charge in [0, 0.05) is 20.1 Å². The van der Waals surface area contributed by atoms with E-state index in [1.807, 2.05) is 25.8 Å². The maximum absolute atomic E-state index is 12.7. The third-order valence-corrected chi connectivity index (χ3v) is 5.18. The molecule has 2 heterocycles. The van der Waals surface area contributed by atoms with E-state index in [2.05, 4.69) is 5.10 Å². The van der Waals surface area contributed by atoms with Crippen molar-refractivity contribution in [1.82, 2.24) is 14.7 Å². The van der Waals surface area contributed by atoms with Crippen LogP contribution in [0, 0.1) is 12.8 Å². The van der Waals surface area contributed by atoms with E-state index in [0.717, 1.165) is 29.0 Å². The van der Waals surface area contributed by atoms with E-state index in [1.165, 1.54) is 24.2 Å². The zero-order valence-corrected chi connectivity index (χ0v) is 13.0. The first kappa shape index (κ1) is 13.4. The van der Waals surface area contributed by atoms with Crippen LogP contribution in [-0.4, -0.2) is 33.7 Å². The van der Waals surface area contributed by atoms with E-state index >= 15 is 0 Å². The third-order valence-electron chi connectivity index (χ3n) is 3.92. The fourth-order valence-corrected chi connectivity index (χ4v) is 3.75. The molecule has 0 aromatic carbocycles. The number of carbonyl (C=O) groups is 1. The quantitative estimate of drug-likeness (QED) is 0.941. The summed E-state index contributed by atoms with van der Waals surface area (Å²) in [6.45, 7) is 5.55. The summed E-state index contributed by atoms with van der Waals surface area (Å²) in [4.78, 5) is 16.2. The lowest BCUT2D eigenvalue weighted by Gasteiger charge is -2.20. The Bertz CT molecular complexity index is 668. The number of thiophene rings is 1. The fraction of sp³-hybridized carbons (Fsp3) is 0.571. The number of fused-ring (bicyclic) bond motifs is 1. The van der Waals surface area contributed by atoms with Crippen LogP contribution in [0.1, 0.15) is 35.1 Å². The van der Waals surface area contributed by atoms with E-state index in [9.17, 15) is 4.79 Å². The van der Waals surface area contributed by atoms with Gasteiger partial charge in [0.25, 0.3) is 5.91 Å². The molecule has 108 valence electrons. The van der Waals surface area contributed by atoms with E-state index < -0.39 is 0 Å². The van der Waals surface area contributed by atoms with Gasteiger partial charge < -0.3 is 10.6 Å². The van der Waals surface area contributed by atoms with Crippen LogP contribution in [0.2, 0.25) is 0 Å². The van der Waals surface area contributed by atoms with Crippen LogP contribution in [-0.2, 0) is 7.05 Å². The van der Waals surface area contributed by atoms with Gasteiger partial charge in [-0.3, -0.25) is 9.48 Å².